The Morgan fingerprint density at radius 3 is 1.17 bits per heavy atom. The minimum atomic E-state index is -0.833. The van der Waals surface area contributed by atoms with Crippen LogP contribution >= 0.6 is 0 Å². The maximum Gasteiger partial charge on any atom is 0.300 e. The van der Waals surface area contributed by atoms with Gasteiger partial charge in [0.25, 0.3) is 5.97 Å². The van der Waals surface area contributed by atoms with Gasteiger partial charge in [-0.05, 0) is 12.8 Å². The minimum absolute atomic E-state index is 0.319. The molecule has 3 N–H and O–H groups in total. The van der Waals surface area contributed by atoms with Crippen LogP contribution in [0.25, 0.3) is 0 Å². The summed E-state index contributed by atoms with van der Waals surface area (Å²) >= 11 is 0. The zero-order valence-electron chi connectivity index (χ0n) is 8.08. The molecule has 0 aromatic heterocycles. The van der Waals surface area contributed by atoms with Gasteiger partial charge in [-0.15, -0.1) is 0 Å². The van der Waals surface area contributed by atoms with Gasteiger partial charge in [-0.2, -0.15) is 0 Å². The van der Waals surface area contributed by atoms with Crippen LogP contribution in [0.1, 0.15) is 33.6 Å². The second kappa shape index (κ2) is 22.4. The molecule has 0 spiro atoms. The van der Waals surface area contributed by atoms with Gasteiger partial charge in [-0.25, -0.2) is 0 Å². The fraction of sp³-hybridized carbons (Fsp3) is 0.875. The van der Waals surface area contributed by atoms with Crippen molar-refractivity contribution in [2.75, 3.05) is 13.2 Å². The van der Waals surface area contributed by atoms with E-state index in [0.717, 1.165) is 19.8 Å². The minimum Gasteiger partial charge on any atom is -0.481 e. The first kappa shape index (κ1) is 17.5. The first-order valence-electron chi connectivity index (χ1n) is 3.97. The SMILES string of the molecule is CC(=O)O.CCCO.CCCO. The van der Waals surface area contributed by atoms with Crippen molar-refractivity contribution in [3.8, 4) is 0 Å². The largest absolute Gasteiger partial charge is 0.481 e. The van der Waals surface area contributed by atoms with Gasteiger partial charge in [-0.3, -0.25) is 4.79 Å². The number of carboxylic acids is 1. The third kappa shape index (κ3) is 342. The fourth-order valence-electron chi connectivity index (χ4n) is 0. The van der Waals surface area contributed by atoms with Crippen LogP contribution in [-0.2, 0) is 4.79 Å². The molecule has 0 aliphatic carbocycles. The molecule has 0 atom stereocenters. The highest BCUT2D eigenvalue weighted by molar-refractivity contribution is 5.62. The molecule has 0 rings (SSSR count). The Balaban J connectivity index is -0.000000101. The second-order valence-electron chi connectivity index (χ2n) is 1.97. The summed E-state index contributed by atoms with van der Waals surface area (Å²) in [5.41, 5.74) is 0. The molecule has 0 aromatic rings. The normalized spacial score (nSPS) is 7.08. The van der Waals surface area contributed by atoms with Gasteiger partial charge in [0, 0.05) is 20.1 Å². The van der Waals surface area contributed by atoms with E-state index in [1.165, 1.54) is 0 Å². The predicted molar refractivity (Wildman–Crippen MR) is 48.1 cm³/mol. The topological polar surface area (TPSA) is 77.8 Å². The van der Waals surface area contributed by atoms with Crippen LogP contribution in [-0.4, -0.2) is 34.5 Å². The summed E-state index contributed by atoms with van der Waals surface area (Å²) < 4.78 is 0. The van der Waals surface area contributed by atoms with Crippen LogP contribution < -0.4 is 0 Å². The van der Waals surface area contributed by atoms with Crippen LogP contribution in [0.3, 0.4) is 0 Å². The van der Waals surface area contributed by atoms with E-state index < -0.39 is 5.97 Å². The Bertz CT molecular complexity index is 61.5. The van der Waals surface area contributed by atoms with Gasteiger partial charge < -0.3 is 15.3 Å². The monoisotopic (exact) mass is 180 g/mol. The van der Waals surface area contributed by atoms with Gasteiger partial charge in [0.05, 0.1) is 0 Å². The molecule has 0 aromatic carbocycles. The lowest BCUT2D eigenvalue weighted by atomic mass is 10.5. The molecule has 0 saturated carbocycles. The number of aliphatic carboxylic acids is 1. The molecule has 0 aliphatic heterocycles. The molecular weight excluding hydrogens is 160 g/mol. The molecule has 0 amide bonds. The standard InChI is InChI=1S/2C3H8O.C2H4O2/c2*1-2-3-4;1-2(3)4/h2*4H,2-3H2,1H3;1H3,(H,3,4). The van der Waals surface area contributed by atoms with Crippen molar-refractivity contribution in [1.29, 1.82) is 0 Å². The van der Waals surface area contributed by atoms with Crippen molar-refractivity contribution in [1.82, 2.24) is 0 Å². The fourth-order valence-corrected chi connectivity index (χ4v) is 0. The van der Waals surface area contributed by atoms with Crippen LogP contribution in [0, 0.1) is 0 Å². The van der Waals surface area contributed by atoms with Gasteiger partial charge >= 0.3 is 0 Å². The number of carbonyl (C=O) groups is 1. The summed E-state index contributed by atoms with van der Waals surface area (Å²) in [4.78, 5) is 9.00. The average molecular weight is 180 g/mol. The predicted octanol–water partition coefficient (Wildman–Crippen LogP) is 0.868. The van der Waals surface area contributed by atoms with E-state index in [4.69, 9.17) is 20.1 Å². The van der Waals surface area contributed by atoms with Crippen LogP contribution in [0.4, 0.5) is 0 Å². The van der Waals surface area contributed by atoms with Crippen LogP contribution in [0.5, 0.6) is 0 Å². The lowest BCUT2D eigenvalue weighted by molar-refractivity contribution is -0.134. The lowest BCUT2D eigenvalue weighted by Gasteiger charge is -1.69. The molecule has 0 saturated heterocycles. The lowest BCUT2D eigenvalue weighted by Crippen LogP contribution is -1.78. The van der Waals surface area contributed by atoms with Gasteiger partial charge in [0.15, 0.2) is 0 Å². The molecule has 0 bridgehead atoms. The Kier molecular flexibility index (Phi) is 32.7. The molecule has 0 heterocycles. The van der Waals surface area contributed by atoms with Crippen molar-refractivity contribution in [2.45, 2.75) is 33.6 Å². The molecule has 0 fully saturated rings. The van der Waals surface area contributed by atoms with Gasteiger partial charge in [0.2, 0.25) is 0 Å². The number of carboxylic acid groups (broad SMARTS) is 1. The summed E-state index contributed by atoms with van der Waals surface area (Å²) in [5, 5.41) is 23.2. The zero-order valence-corrected chi connectivity index (χ0v) is 8.08. The van der Waals surface area contributed by atoms with Crippen LogP contribution in [0.15, 0.2) is 0 Å². The molecule has 0 unspecified atom stereocenters. The van der Waals surface area contributed by atoms with Gasteiger partial charge in [-0.1, -0.05) is 13.8 Å². The van der Waals surface area contributed by atoms with Crippen molar-refractivity contribution >= 4 is 5.97 Å². The molecule has 0 radical (unpaired) electrons. The number of hydrogen-bond donors (Lipinski definition) is 3. The third-order valence-electron chi connectivity index (χ3n) is 0.447. The quantitative estimate of drug-likeness (QED) is 0.589. The van der Waals surface area contributed by atoms with Crippen molar-refractivity contribution in [3.63, 3.8) is 0 Å². The first-order valence-corrected chi connectivity index (χ1v) is 3.97. The summed E-state index contributed by atoms with van der Waals surface area (Å²) in [6, 6.07) is 0. The Morgan fingerprint density at radius 2 is 1.17 bits per heavy atom. The first-order chi connectivity index (χ1) is 5.56. The van der Waals surface area contributed by atoms with E-state index in [-0.39, 0.29) is 0 Å². The number of aliphatic hydroxyl groups is 2. The smallest absolute Gasteiger partial charge is 0.300 e. The molecular formula is C8H20O4. The molecule has 4 nitrogen and oxygen atoms in total. The Hall–Kier alpha value is -0.610. The van der Waals surface area contributed by atoms with E-state index in [2.05, 4.69) is 0 Å². The number of hydrogen-bond acceptors (Lipinski definition) is 3. The van der Waals surface area contributed by atoms with Crippen molar-refractivity contribution in [3.05, 3.63) is 0 Å². The van der Waals surface area contributed by atoms with Crippen LogP contribution in [0.2, 0.25) is 0 Å². The second-order valence-corrected chi connectivity index (χ2v) is 1.97. The maximum atomic E-state index is 9.00. The third-order valence-corrected chi connectivity index (χ3v) is 0.447. The Labute approximate surface area is 73.8 Å². The van der Waals surface area contributed by atoms with E-state index in [0.29, 0.717) is 13.2 Å². The summed E-state index contributed by atoms with van der Waals surface area (Å²) in [7, 11) is 0. The molecule has 12 heavy (non-hydrogen) atoms. The average Bonchev–Trinajstić information content (AvgIpc) is 2.03. The highest BCUT2D eigenvalue weighted by Gasteiger charge is 1.65. The maximum absolute atomic E-state index is 9.00. The molecule has 76 valence electrons. The Morgan fingerprint density at radius 1 is 1.08 bits per heavy atom. The summed E-state index contributed by atoms with van der Waals surface area (Å²) in [5.74, 6) is -0.833. The highest BCUT2D eigenvalue weighted by atomic mass is 16.4. The van der Waals surface area contributed by atoms with E-state index in [1.807, 2.05) is 13.8 Å². The van der Waals surface area contributed by atoms with E-state index in [9.17, 15) is 0 Å². The zero-order chi connectivity index (χ0) is 10.4. The summed E-state index contributed by atoms with van der Waals surface area (Å²) in [6.45, 7) is 5.58. The van der Waals surface area contributed by atoms with E-state index >= 15 is 0 Å². The highest BCUT2D eigenvalue weighted by Crippen LogP contribution is 1.61. The van der Waals surface area contributed by atoms with Crippen molar-refractivity contribution < 1.29 is 20.1 Å². The van der Waals surface area contributed by atoms with Crippen molar-refractivity contribution in [2.24, 2.45) is 0 Å². The number of aliphatic hydroxyl groups excluding tert-OH is 2. The summed E-state index contributed by atoms with van der Waals surface area (Å²) in [6.07, 6.45) is 1.75. The molecule has 0 aliphatic rings. The molecule has 4 heteroatoms. The number of rotatable bonds is 2. The van der Waals surface area contributed by atoms with Gasteiger partial charge in [0.1, 0.15) is 0 Å². The van der Waals surface area contributed by atoms with E-state index in [1.54, 1.807) is 0 Å².